The zero-order chi connectivity index (χ0) is 22.1. The van der Waals surface area contributed by atoms with Gasteiger partial charge in [0, 0.05) is 23.0 Å². The van der Waals surface area contributed by atoms with Crippen LogP contribution in [0.3, 0.4) is 0 Å². The van der Waals surface area contributed by atoms with Crippen LogP contribution >= 0.6 is 0 Å². The number of aromatic nitrogens is 2. The van der Waals surface area contributed by atoms with E-state index in [1.165, 1.54) is 0 Å². The highest BCUT2D eigenvalue weighted by Crippen LogP contribution is 2.36. The molecule has 0 bridgehead atoms. The van der Waals surface area contributed by atoms with E-state index in [-0.39, 0.29) is 5.91 Å². The first-order valence-electron chi connectivity index (χ1n) is 10.2. The Morgan fingerprint density at radius 3 is 2.41 bits per heavy atom. The standard InChI is InChI=1S/C25H22N4O3/c1-31-21-13-12-16(14-22(21)32-2)23-19(15-29(28-23)17-8-4-3-5-9-17)24-26-20-11-7-6-10-18(20)25(30)27-24/h3-15,24,26H,1-2H3,(H,27,30). The van der Waals surface area contributed by atoms with Crippen LogP contribution in [-0.4, -0.2) is 29.9 Å². The van der Waals surface area contributed by atoms with Gasteiger partial charge in [-0.3, -0.25) is 4.79 Å². The quantitative estimate of drug-likeness (QED) is 0.494. The molecule has 0 radical (unpaired) electrons. The Balaban J connectivity index is 1.64. The summed E-state index contributed by atoms with van der Waals surface area (Å²) in [4.78, 5) is 12.8. The average molecular weight is 426 g/mol. The largest absolute Gasteiger partial charge is 0.493 e. The number of amides is 1. The summed E-state index contributed by atoms with van der Waals surface area (Å²) in [6, 6.07) is 23.0. The molecular formula is C25H22N4O3. The van der Waals surface area contributed by atoms with Gasteiger partial charge >= 0.3 is 0 Å². The van der Waals surface area contributed by atoms with Gasteiger partial charge in [-0.25, -0.2) is 4.68 Å². The van der Waals surface area contributed by atoms with Crippen molar-refractivity contribution in [1.29, 1.82) is 0 Å². The number of methoxy groups -OCH3 is 2. The van der Waals surface area contributed by atoms with Crippen LogP contribution in [0.15, 0.2) is 79.0 Å². The maximum atomic E-state index is 12.8. The molecule has 1 aromatic heterocycles. The Hall–Kier alpha value is -4.26. The number of fused-ring (bicyclic) bond motifs is 1. The molecule has 0 fully saturated rings. The van der Waals surface area contributed by atoms with E-state index in [2.05, 4.69) is 10.6 Å². The number of anilines is 1. The van der Waals surface area contributed by atoms with Crippen molar-refractivity contribution in [2.24, 2.45) is 0 Å². The van der Waals surface area contributed by atoms with Crippen LogP contribution in [-0.2, 0) is 0 Å². The van der Waals surface area contributed by atoms with Crippen molar-refractivity contribution in [2.45, 2.75) is 6.17 Å². The second-order valence-corrected chi connectivity index (χ2v) is 7.38. The summed E-state index contributed by atoms with van der Waals surface area (Å²) in [6.07, 6.45) is 1.49. The van der Waals surface area contributed by atoms with E-state index in [0.717, 1.165) is 28.2 Å². The second-order valence-electron chi connectivity index (χ2n) is 7.38. The summed E-state index contributed by atoms with van der Waals surface area (Å²) < 4.78 is 12.7. The number of nitrogens with zero attached hydrogens (tertiary/aromatic N) is 2. The first-order chi connectivity index (χ1) is 15.7. The minimum Gasteiger partial charge on any atom is -0.493 e. The lowest BCUT2D eigenvalue weighted by Crippen LogP contribution is -2.38. The van der Waals surface area contributed by atoms with Gasteiger partial charge in [-0.2, -0.15) is 5.10 Å². The van der Waals surface area contributed by atoms with Crippen molar-refractivity contribution >= 4 is 11.6 Å². The Morgan fingerprint density at radius 1 is 0.875 bits per heavy atom. The molecule has 0 saturated heterocycles. The molecule has 5 rings (SSSR count). The molecule has 1 atom stereocenters. The predicted octanol–water partition coefficient (Wildman–Crippen LogP) is 4.41. The van der Waals surface area contributed by atoms with E-state index >= 15 is 0 Å². The second kappa shape index (κ2) is 8.11. The number of benzene rings is 3. The van der Waals surface area contributed by atoms with Gasteiger partial charge in [0.15, 0.2) is 11.5 Å². The average Bonchev–Trinajstić information content (AvgIpc) is 3.30. The molecule has 4 aromatic rings. The molecule has 160 valence electrons. The van der Waals surface area contributed by atoms with Gasteiger partial charge in [-0.1, -0.05) is 30.3 Å². The molecule has 2 heterocycles. The smallest absolute Gasteiger partial charge is 0.255 e. The zero-order valence-corrected chi connectivity index (χ0v) is 17.7. The van der Waals surface area contributed by atoms with Crippen molar-refractivity contribution in [3.8, 4) is 28.4 Å². The normalized spacial score (nSPS) is 14.8. The van der Waals surface area contributed by atoms with Crippen LogP contribution < -0.4 is 20.1 Å². The van der Waals surface area contributed by atoms with Gasteiger partial charge in [0.25, 0.3) is 5.91 Å². The van der Waals surface area contributed by atoms with Crippen LogP contribution in [0.25, 0.3) is 16.9 Å². The molecule has 32 heavy (non-hydrogen) atoms. The zero-order valence-electron chi connectivity index (χ0n) is 17.7. The number of hydrogen-bond donors (Lipinski definition) is 2. The fourth-order valence-corrected chi connectivity index (χ4v) is 3.88. The van der Waals surface area contributed by atoms with Gasteiger partial charge < -0.3 is 20.1 Å². The third-order valence-corrected chi connectivity index (χ3v) is 5.48. The number of hydrogen-bond acceptors (Lipinski definition) is 5. The summed E-state index contributed by atoms with van der Waals surface area (Å²) in [5.41, 5.74) is 4.74. The molecule has 0 spiro atoms. The van der Waals surface area contributed by atoms with E-state index in [9.17, 15) is 4.79 Å². The molecule has 1 aliphatic rings. The number of ether oxygens (including phenoxy) is 2. The van der Waals surface area contributed by atoms with Crippen molar-refractivity contribution in [3.05, 3.63) is 90.1 Å². The Labute approximate surface area is 185 Å². The van der Waals surface area contributed by atoms with Crippen molar-refractivity contribution in [2.75, 3.05) is 19.5 Å². The number of carbonyl (C=O) groups is 1. The third kappa shape index (κ3) is 3.43. The van der Waals surface area contributed by atoms with E-state index in [4.69, 9.17) is 14.6 Å². The lowest BCUT2D eigenvalue weighted by atomic mass is 10.0. The monoisotopic (exact) mass is 426 g/mol. The molecule has 7 heteroatoms. The highest BCUT2D eigenvalue weighted by atomic mass is 16.5. The minimum absolute atomic E-state index is 0.130. The Kier molecular flexibility index (Phi) is 4.99. The number of para-hydroxylation sites is 2. The lowest BCUT2D eigenvalue weighted by Gasteiger charge is -2.27. The molecule has 1 unspecified atom stereocenters. The van der Waals surface area contributed by atoms with Crippen LogP contribution in [0.4, 0.5) is 5.69 Å². The van der Waals surface area contributed by atoms with Crippen molar-refractivity contribution in [3.63, 3.8) is 0 Å². The van der Waals surface area contributed by atoms with Gasteiger partial charge in [0.05, 0.1) is 25.5 Å². The number of carbonyl (C=O) groups excluding carboxylic acids is 1. The number of rotatable bonds is 5. The predicted molar refractivity (Wildman–Crippen MR) is 122 cm³/mol. The molecular weight excluding hydrogens is 404 g/mol. The summed E-state index contributed by atoms with van der Waals surface area (Å²) in [5.74, 6) is 1.12. The Morgan fingerprint density at radius 2 is 1.62 bits per heavy atom. The molecule has 3 aromatic carbocycles. The Bertz CT molecular complexity index is 1280. The van der Waals surface area contributed by atoms with Crippen LogP contribution in [0.2, 0.25) is 0 Å². The summed E-state index contributed by atoms with van der Waals surface area (Å²) in [7, 11) is 3.21. The van der Waals surface area contributed by atoms with Gasteiger partial charge in [0.1, 0.15) is 11.9 Å². The minimum atomic E-state index is -0.446. The van der Waals surface area contributed by atoms with E-state index in [1.54, 1.807) is 20.3 Å². The third-order valence-electron chi connectivity index (χ3n) is 5.48. The molecule has 0 aliphatic carbocycles. The highest BCUT2D eigenvalue weighted by Gasteiger charge is 2.28. The van der Waals surface area contributed by atoms with E-state index < -0.39 is 6.17 Å². The van der Waals surface area contributed by atoms with Crippen LogP contribution in [0.5, 0.6) is 11.5 Å². The van der Waals surface area contributed by atoms with Crippen LogP contribution in [0.1, 0.15) is 22.1 Å². The first-order valence-corrected chi connectivity index (χ1v) is 10.2. The molecule has 1 aliphatic heterocycles. The molecule has 2 N–H and O–H groups in total. The topological polar surface area (TPSA) is 77.4 Å². The van der Waals surface area contributed by atoms with Gasteiger partial charge in [-0.15, -0.1) is 0 Å². The van der Waals surface area contributed by atoms with Crippen molar-refractivity contribution in [1.82, 2.24) is 15.1 Å². The molecule has 1 amide bonds. The molecule has 7 nitrogen and oxygen atoms in total. The summed E-state index contributed by atoms with van der Waals surface area (Å²) in [5, 5.41) is 11.4. The van der Waals surface area contributed by atoms with E-state index in [1.807, 2.05) is 77.6 Å². The van der Waals surface area contributed by atoms with E-state index in [0.29, 0.717) is 17.1 Å². The summed E-state index contributed by atoms with van der Waals surface area (Å²) in [6.45, 7) is 0. The maximum absolute atomic E-state index is 12.8. The maximum Gasteiger partial charge on any atom is 0.255 e. The van der Waals surface area contributed by atoms with Gasteiger partial charge in [0.2, 0.25) is 0 Å². The fourth-order valence-electron chi connectivity index (χ4n) is 3.88. The first kappa shape index (κ1) is 19.7. The SMILES string of the molecule is COc1ccc(-c2nn(-c3ccccc3)cc2C2NC(=O)c3ccccc3N2)cc1OC. The molecule has 0 saturated carbocycles. The summed E-state index contributed by atoms with van der Waals surface area (Å²) >= 11 is 0. The fraction of sp³-hybridized carbons (Fsp3) is 0.120. The number of nitrogens with one attached hydrogen (secondary N) is 2. The lowest BCUT2D eigenvalue weighted by molar-refractivity contribution is 0.0936. The van der Waals surface area contributed by atoms with Crippen molar-refractivity contribution < 1.29 is 14.3 Å². The highest BCUT2D eigenvalue weighted by molar-refractivity contribution is 6.01. The van der Waals surface area contributed by atoms with Crippen LogP contribution in [0, 0.1) is 0 Å². The van der Waals surface area contributed by atoms with Gasteiger partial charge in [-0.05, 0) is 42.5 Å².